The summed E-state index contributed by atoms with van der Waals surface area (Å²) in [5, 5.41) is 0. The van der Waals surface area contributed by atoms with Gasteiger partial charge in [0.2, 0.25) is 0 Å². The van der Waals surface area contributed by atoms with E-state index in [0.717, 1.165) is 37.4 Å². The van der Waals surface area contributed by atoms with Crippen LogP contribution in [-0.4, -0.2) is 19.3 Å². The van der Waals surface area contributed by atoms with Crippen LogP contribution in [0.3, 0.4) is 0 Å². The van der Waals surface area contributed by atoms with Gasteiger partial charge in [0, 0.05) is 17.0 Å². The largest absolute Gasteiger partial charge is 0.497 e. The second-order valence-electron chi connectivity index (χ2n) is 4.83. The predicted octanol–water partition coefficient (Wildman–Crippen LogP) is 2.05. The summed E-state index contributed by atoms with van der Waals surface area (Å²) in [5.41, 5.74) is 7.58. The molecular weight excluding hydrogens is 202 g/mol. The Morgan fingerprint density at radius 2 is 2.25 bits per heavy atom. The highest BCUT2D eigenvalue weighted by atomic mass is 16.5. The van der Waals surface area contributed by atoms with E-state index in [0.29, 0.717) is 5.92 Å². The second kappa shape index (κ2) is 3.39. The second-order valence-corrected chi connectivity index (χ2v) is 4.83. The van der Waals surface area contributed by atoms with Crippen molar-refractivity contribution in [3.63, 3.8) is 0 Å². The van der Waals surface area contributed by atoms with Gasteiger partial charge < -0.3 is 15.2 Å². The fourth-order valence-electron chi connectivity index (χ4n) is 2.59. The summed E-state index contributed by atoms with van der Waals surface area (Å²) in [6.07, 6.45) is 3.29. The van der Waals surface area contributed by atoms with Crippen LogP contribution < -0.4 is 15.2 Å². The van der Waals surface area contributed by atoms with Gasteiger partial charge in [-0.25, -0.2) is 0 Å². The van der Waals surface area contributed by atoms with Gasteiger partial charge in [0.1, 0.15) is 11.5 Å². The zero-order valence-electron chi connectivity index (χ0n) is 9.53. The van der Waals surface area contributed by atoms with E-state index in [1.54, 1.807) is 7.11 Å². The molecule has 3 nitrogen and oxygen atoms in total. The van der Waals surface area contributed by atoms with Crippen molar-refractivity contribution >= 4 is 0 Å². The van der Waals surface area contributed by atoms with E-state index in [4.69, 9.17) is 15.2 Å². The van der Waals surface area contributed by atoms with Crippen LogP contribution in [0.15, 0.2) is 18.2 Å². The van der Waals surface area contributed by atoms with Crippen molar-refractivity contribution < 1.29 is 9.47 Å². The van der Waals surface area contributed by atoms with Crippen molar-refractivity contribution in [2.45, 2.75) is 30.7 Å². The zero-order valence-corrected chi connectivity index (χ0v) is 9.53. The molecule has 86 valence electrons. The minimum Gasteiger partial charge on any atom is -0.497 e. The standard InChI is InChI=1S/C13H17NO2/c1-15-9-2-3-12-10(8-9)11(4-7-16-12)13(14)5-6-13/h2-3,8,11H,4-7,14H2,1H3. The van der Waals surface area contributed by atoms with E-state index in [2.05, 4.69) is 6.07 Å². The van der Waals surface area contributed by atoms with E-state index >= 15 is 0 Å². The Labute approximate surface area is 95.5 Å². The molecule has 1 fully saturated rings. The number of hydrogen-bond acceptors (Lipinski definition) is 3. The van der Waals surface area contributed by atoms with Crippen LogP contribution in [0.1, 0.15) is 30.7 Å². The van der Waals surface area contributed by atoms with E-state index in [-0.39, 0.29) is 5.54 Å². The first-order valence-corrected chi connectivity index (χ1v) is 5.82. The Kier molecular flexibility index (Phi) is 2.11. The third-order valence-corrected chi connectivity index (χ3v) is 3.78. The summed E-state index contributed by atoms with van der Waals surface area (Å²) in [7, 11) is 1.69. The summed E-state index contributed by atoms with van der Waals surface area (Å²) >= 11 is 0. The lowest BCUT2D eigenvalue weighted by atomic mass is 9.85. The molecule has 16 heavy (non-hydrogen) atoms. The highest BCUT2D eigenvalue weighted by molar-refractivity contribution is 5.46. The molecule has 1 saturated carbocycles. The summed E-state index contributed by atoms with van der Waals surface area (Å²) in [6, 6.07) is 6.01. The van der Waals surface area contributed by atoms with Crippen molar-refractivity contribution in [1.82, 2.24) is 0 Å². The Hall–Kier alpha value is -1.22. The van der Waals surface area contributed by atoms with E-state index in [1.807, 2.05) is 12.1 Å². The van der Waals surface area contributed by atoms with Crippen LogP contribution in [-0.2, 0) is 0 Å². The third kappa shape index (κ3) is 1.47. The Bertz CT molecular complexity index is 412. The van der Waals surface area contributed by atoms with Gasteiger partial charge in [-0.1, -0.05) is 0 Å². The number of fused-ring (bicyclic) bond motifs is 1. The van der Waals surface area contributed by atoms with Gasteiger partial charge in [0.25, 0.3) is 0 Å². The van der Waals surface area contributed by atoms with Crippen LogP contribution in [0.4, 0.5) is 0 Å². The van der Waals surface area contributed by atoms with Gasteiger partial charge in [0.05, 0.1) is 13.7 Å². The third-order valence-electron chi connectivity index (χ3n) is 3.78. The number of rotatable bonds is 2. The maximum Gasteiger partial charge on any atom is 0.123 e. The lowest BCUT2D eigenvalue weighted by molar-refractivity contribution is 0.250. The lowest BCUT2D eigenvalue weighted by Gasteiger charge is -2.30. The van der Waals surface area contributed by atoms with Crippen molar-refractivity contribution in [1.29, 1.82) is 0 Å². The SMILES string of the molecule is COc1ccc2c(c1)C(C1(N)CC1)CCO2. The molecule has 0 radical (unpaired) electrons. The van der Waals surface area contributed by atoms with E-state index in [1.165, 1.54) is 5.56 Å². The highest BCUT2D eigenvalue weighted by Crippen LogP contribution is 2.51. The molecule has 1 atom stereocenters. The molecule has 3 heteroatoms. The lowest BCUT2D eigenvalue weighted by Crippen LogP contribution is -2.34. The first kappa shape index (κ1) is 9.97. The molecule has 1 aliphatic heterocycles. The van der Waals surface area contributed by atoms with Gasteiger partial charge in [-0.05, 0) is 37.5 Å². The maximum atomic E-state index is 6.33. The molecule has 0 bridgehead atoms. The number of ether oxygens (including phenoxy) is 2. The summed E-state index contributed by atoms with van der Waals surface area (Å²) in [6.45, 7) is 0.781. The molecule has 2 N–H and O–H groups in total. The molecular formula is C13H17NO2. The normalized spacial score (nSPS) is 25.5. The van der Waals surface area contributed by atoms with Crippen LogP contribution in [0, 0.1) is 0 Å². The Morgan fingerprint density at radius 1 is 1.44 bits per heavy atom. The molecule has 1 aromatic carbocycles. The summed E-state index contributed by atoms with van der Waals surface area (Å²) in [5.74, 6) is 2.30. The topological polar surface area (TPSA) is 44.5 Å². The number of nitrogens with two attached hydrogens (primary N) is 1. The van der Waals surface area contributed by atoms with Crippen LogP contribution in [0.25, 0.3) is 0 Å². The minimum absolute atomic E-state index is 0.0187. The molecule has 1 unspecified atom stereocenters. The van der Waals surface area contributed by atoms with Gasteiger partial charge >= 0.3 is 0 Å². The number of benzene rings is 1. The molecule has 1 heterocycles. The molecule has 0 spiro atoms. The molecule has 0 amide bonds. The molecule has 0 aromatic heterocycles. The van der Waals surface area contributed by atoms with Crippen LogP contribution in [0.2, 0.25) is 0 Å². The van der Waals surface area contributed by atoms with Crippen LogP contribution >= 0.6 is 0 Å². The quantitative estimate of drug-likeness (QED) is 0.828. The predicted molar refractivity (Wildman–Crippen MR) is 62.0 cm³/mol. The highest BCUT2D eigenvalue weighted by Gasteiger charge is 2.48. The Balaban J connectivity index is 2.02. The van der Waals surface area contributed by atoms with E-state index < -0.39 is 0 Å². The smallest absolute Gasteiger partial charge is 0.123 e. The first-order chi connectivity index (χ1) is 7.73. The summed E-state index contributed by atoms with van der Waals surface area (Å²) < 4.78 is 10.9. The zero-order chi connectivity index (χ0) is 11.2. The minimum atomic E-state index is 0.0187. The molecule has 1 aromatic rings. The molecule has 0 saturated heterocycles. The average Bonchev–Trinajstić information content (AvgIpc) is 3.07. The van der Waals surface area contributed by atoms with Crippen molar-refractivity contribution in [2.24, 2.45) is 5.73 Å². The first-order valence-electron chi connectivity index (χ1n) is 5.82. The molecule has 1 aliphatic carbocycles. The fourth-order valence-corrected chi connectivity index (χ4v) is 2.59. The van der Waals surface area contributed by atoms with E-state index in [9.17, 15) is 0 Å². The number of methoxy groups -OCH3 is 1. The van der Waals surface area contributed by atoms with Gasteiger partial charge in [-0.2, -0.15) is 0 Å². The monoisotopic (exact) mass is 219 g/mol. The summed E-state index contributed by atoms with van der Waals surface area (Å²) in [4.78, 5) is 0. The van der Waals surface area contributed by atoms with Crippen molar-refractivity contribution in [2.75, 3.05) is 13.7 Å². The molecule has 3 rings (SSSR count). The molecule has 2 aliphatic rings. The van der Waals surface area contributed by atoms with Crippen molar-refractivity contribution in [3.8, 4) is 11.5 Å². The van der Waals surface area contributed by atoms with Crippen LogP contribution in [0.5, 0.6) is 11.5 Å². The van der Waals surface area contributed by atoms with Gasteiger partial charge in [-0.3, -0.25) is 0 Å². The Morgan fingerprint density at radius 3 is 2.94 bits per heavy atom. The maximum absolute atomic E-state index is 6.33. The number of hydrogen-bond donors (Lipinski definition) is 1. The van der Waals surface area contributed by atoms with Gasteiger partial charge in [0.15, 0.2) is 0 Å². The average molecular weight is 219 g/mol. The van der Waals surface area contributed by atoms with Crippen molar-refractivity contribution in [3.05, 3.63) is 23.8 Å². The fraction of sp³-hybridized carbons (Fsp3) is 0.538. The van der Waals surface area contributed by atoms with Gasteiger partial charge in [-0.15, -0.1) is 0 Å².